The number of hydrogen-bond acceptors (Lipinski definition) is 10. The minimum atomic E-state index is -0.934. The summed E-state index contributed by atoms with van der Waals surface area (Å²) in [5, 5.41) is 12.3. The van der Waals surface area contributed by atoms with Gasteiger partial charge in [0.25, 0.3) is 5.91 Å². The Morgan fingerprint density at radius 2 is 1.70 bits per heavy atom. The Hall–Kier alpha value is -3.60. The van der Waals surface area contributed by atoms with Gasteiger partial charge >= 0.3 is 17.9 Å². The summed E-state index contributed by atoms with van der Waals surface area (Å²) in [6.07, 6.45) is 0. The van der Waals surface area contributed by atoms with Crippen LogP contribution in [-0.4, -0.2) is 56.9 Å². The molecule has 160 valence electrons. The Kier molecular flexibility index (Phi) is 7.37. The third-order valence-corrected chi connectivity index (χ3v) is 5.11. The van der Waals surface area contributed by atoms with Crippen LogP contribution in [0, 0.1) is 6.92 Å². The molecule has 1 amide bonds. The fourth-order valence-corrected chi connectivity index (χ4v) is 3.55. The van der Waals surface area contributed by atoms with E-state index >= 15 is 0 Å². The molecular formula is C19H19NO9S. The first-order chi connectivity index (χ1) is 14.2. The van der Waals surface area contributed by atoms with Gasteiger partial charge in [0.15, 0.2) is 6.61 Å². The smallest absolute Gasteiger partial charge is 0.348 e. The predicted octanol–water partition coefficient (Wildman–Crippen LogP) is 2.14. The molecular weight excluding hydrogens is 418 g/mol. The van der Waals surface area contributed by atoms with Crippen molar-refractivity contribution in [1.82, 2.24) is 0 Å². The number of amides is 1. The maximum atomic E-state index is 12.2. The summed E-state index contributed by atoms with van der Waals surface area (Å²) in [7, 11) is 3.75. The van der Waals surface area contributed by atoms with Crippen molar-refractivity contribution >= 4 is 40.2 Å². The summed E-state index contributed by atoms with van der Waals surface area (Å²) in [5.41, 5.74) is 0.128. The van der Waals surface area contributed by atoms with Gasteiger partial charge in [0, 0.05) is 6.07 Å². The van der Waals surface area contributed by atoms with Gasteiger partial charge in [-0.1, -0.05) is 0 Å². The van der Waals surface area contributed by atoms with Gasteiger partial charge in [0.05, 0.1) is 26.9 Å². The molecule has 1 heterocycles. The van der Waals surface area contributed by atoms with Gasteiger partial charge in [-0.05, 0) is 24.6 Å². The summed E-state index contributed by atoms with van der Waals surface area (Å²) in [6.45, 7) is 0.812. The SMILES string of the molecule is COC(=O)c1sc(NC(=O)COC(=O)c2ccc(OC)cc2O)c(C(=O)OC)c1C. The number of carbonyl (C=O) groups excluding carboxylic acids is 4. The zero-order chi connectivity index (χ0) is 22.4. The van der Waals surface area contributed by atoms with Crippen LogP contribution in [0.5, 0.6) is 11.5 Å². The lowest BCUT2D eigenvalue weighted by Crippen LogP contribution is -2.21. The number of carbonyl (C=O) groups is 4. The monoisotopic (exact) mass is 437 g/mol. The molecule has 2 aromatic rings. The van der Waals surface area contributed by atoms with Crippen molar-refractivity contribution in [3.63, 3.8) is 0 Å². The lowest BCUT2D eigenvalue weighted by molar-refractivity contribution is -0.119. The van der Waals surface area contributed by atoms with Crippen LogP contribution in [0.25, 0.3) is 0 Å². The molecule has 2 N–H and O–H groups in total. The number of nitrogens with one attached hydrogen (secondary N) is 1. The second kappa shape index (κ2) is 9.74. The average Bonchev–Trinajstić information content (AvgIpc) is 3.06. The van der Waals surface area contributed by atoms with Gasteiger partial charge in [0.1, 0.15) is 26.9 Å². The normalized spacial score (nSPS) is 10.1. The van der Waals surface area contributed by atoms with Crippen LogP contribution in [0.1, 0.15) is 36.0 Å². The van der Waals surface area contributed by atoms with Gasteiger partial charge in [-0.25, -0.2) is 14.4 Å². The zero-order valence-electron chi connectivity index (χ0n) is 16.6. The number of aromatic hydroxyl groups is 1. The first-order valence-corrected chi connectivity index (χ1v) is 9.19. The van der Waals surface area contributed by atoms with Crippen LogP contribution in [0.4, 0.5) is 5.00 Å². The standard InChI is InChI=1S/C19H19NO9S/c1-9-14(18(24)27-3)16(30-15(9)19(25)28-4)20-13(22)8-29-17(23)11-6-5-10(26-2)7-12(11)21/h5-7,21H,8H2,1-4H3,(H,20,22). The average molecular weight is 437 g/mol. The Balaban J connectivity index is 2.13. The number of anilines is 1. The van der Waals surface area contributed by atoms with Crippen molar-refractivity contribution in [2.75, 3.05) is 33.3 Å². The fourth-order valence-electron chi connectivity index (χ4n) is 2.42. The van der Waals surface area contributed by atoms with E-state index in [-0.39, 0.29) is 32.3 Å². The summed E-state index contributed by atoms with van der Waals surface area (Å²) in [5.74, 6) is -3.16. The Morgan fingerprint density at radius 1 is 1.03 bits per heavy atom. The topological polar surface area (TPSA) is 137 Å². The highest BCUT2D eigenvalue weighted by Gasteiger charge is 2.27. The van der Waals surface area contributed by atoms with E-state index in [0.29, 0.717) is 5.75 Å². The quantitative estimate of drug-likeness (QED) is 0.493. The lowest BCUT2D eigenvalue weighted by atomic mass is 10.1. The Labute approximate surface area is 175 Å². The van der Waals surface area contributed by atoms with Crippen molar-refractivity contribution in [1.29, 1.82) is 0 Å². The minimum absolute atomic E-state index is 0.00428. The molecule has 2 rings (SSSR count). The van der Waals surface area contributed by atoms with E-state index in [9.17, 15) is 24.3 Å². The molecule has 0 unspecified atom stereocenters. The Morgan fingerprint density at radius 3 is 2.27 bits per heavy atom. The van der Waals surface area contributed by atoms with E-state index in [1.54, 1.807) is 0 Å². The Bertz CT molecular complexity index is 996. The third-order valence-electron chi connectivity index (χ3n) is 3.92. The third kappa shape index (κ3) is 4.87. The summed E-state index contributed by atoms with van der Waals surface area (Å²) in [4.78, 5) is 48.4. The van der Waals surface area contributed by atoms with Gasteiger partial charge in [-0.3, -0.25) is 4.79 Å². The number of ether oxygens (including phenoxy) is 4. The first kappa shape index (κ1) is 22.7. The molecule has 11 heteroatoms. The molecule has 10 nitrogen and oxygen atoms in total. The minimum Gasteiger partial charge on any atom is -0.507 e. The van der Waals surface area contributed by atoms with Crippen LogP contribution in [-0.2, 0) is 19.0 Å². The second-order valence-electron chi connectivity index (χ2n) is 5.75. The summed E-state index contributed by atoms with van der Waals surface area (Å²) in [6, 6.07) is 3.96. The van der Waals surface area contributed by atoms with Crippen molar-refractivity contribution < 1.29 is 43.2 Å². The van der Waals surface area contributed by atoms with Crippen LogP contribution < -0.4 is 10.1 Å². The number of thiophene rings is 1. The molecule has 0 bridgehead atoms. The van der Waals surface area contributed by atoms with Crippen LogP contribution in [0.2, 0.25) is 0 Å². The van der Waals surface area contributed by atoms with Gasteiger partial charge < -0.3 is 29.4 Å². The fraction of sp³-hybridized carbons (Fsp3) is 0.263. The molecule has 0 saturated heterocycles. The van der Waals surface area contributed by atoms with E-state index in [1.165, 1.54) is 39.3 Å². The maximum absolute atomic E-state index is 12.2. The molecule has 0 aliphatic carbocycles. The summed E-state index contributed by atoms with van der Waals surface area (Å²) < 4.78 is 19.2. The molecule has 1 aromatic carbocycles. The van der Waals surface area contributed by atoms with Crippen molar-refractivity contribution in [2.45, 2.75) is 6.92 Å². The van der Waals surface area contributed by atoms with E-state index in [2.05, 4.69) is 10.1 Å². The number of hydrogen-bond donors (Lipinski definition) is 2. The number of esters is 3. The van der Waals surface area contributed by atoms with Crippen molar-refractivity contribution in [3.8, 4) is 11.5 Å². The number of phenols is 1. The van der Waals surface area contributed by atoms with Gasteiger partial charge in [0.2, 0.25) is 0 Å². The van der Waals surface area contributed by atoms with Crippen LogP contribution >= 0.6 is 11.3 Å². The first-order valence-electron chi connectivity index (χ1n) is 8.37. The maximum Gasteiger partial charge on any atom is 0.348 e. The molecule has 1 aromatic heterocycles. The van der Waals surface area contributed by atoms with Crippen molar-refractivity contribution in [2.24, 2.45) is 0 Å². The highest BCUT2D eigenvalue weighted by atomic mass is 32.1. The largest absolute Gasteiger partial charge is 0.507 e. The molecule has 0 spiro atoms. The molecule has 0 fully saturated rings. The number of rotatable bonds is 7. The van der Waals surface area contributed by atoms with E-state index < -0.39 is 30.4 Å². The number of phenolic OH excluding ortho intramolecular Hbond substituents is 1. The molecule has 0 saturated carbocycles. The zero-order valence-corrected chi connectivity index (χ0v) is 17.4. The number of methoxy groups -OCH3 is 3. The van der Waals surface area contributed by atoms with Crippen LogP contribution in [0.15, 0.2) is 18.2 Å². The highest BCUT2D eigenvalue weighted by molar-refractivity contribution is 7.18. The summed E-state index contributed by atoms with van der Waals surface area (Å²) >= 11 is 0.826. The molecule has 0 aliphatic heterocycles. The molecule has 0 aliphatic rings. The number of benzene rings is 1. The molecule has 0 radical (unpaired) electrons. The van der Waals surface area contributed by atoms with Gasteiger partial charge in [-0.2, -0.15) is 0 Å². The predicted molar refractivity (Wildman–Crippen MR) is 105 cm³/mol. The van der Waals surface area contributed by atoms with Crippen LogP contribution in [0.3, 0.4) is 0 Å². The van der Waals surface area contributed by atoms with Gasteiger partial charge in [-0.15, -0.1) is 11.3 Å². The molecule has 0 atom stereocenters. The van der Waals surface area contributed by atoms with Crippen molar-refractivity contribution in [3.05, 3.63) is 39.8 Å². The van der Waals surface area contributed by atoms with E-state index in [0.717, 1.165) is 18.4 Å². The van der Waals surface area contributed by atoms with E-state index in [4.69, 9.17) is 14.2 Å². The van der Waals surface area contributed by atoms with E-state index in [1.807, 2.05) is 0 Å². The second-order valence-corrected chi connectivity index (χ2v) is 6.77. The lowest BCUT2D eigenvalue weighted by Gasteiger charge is -2.08. The highest BCUT2D eigenvalue weighted by Crippen LogP contribution is 2.34. The molecule has 30 heavy (non-hydrogen) atoms.